The van der Waals surface area contributed by atoms with Gasteiger partial charge in [0.1, 0.15) is 5.82 Å². The third-order valence-electron chi connectivity index (χ3n) is 2.25. The Morgan fingerprint density at radius 2 is 2.00 bits per heavy atom. The first kappa shape index (κ1) is 11.0. The van der Waals surface area contributed by atoms with Gasteiger partial charge in [0.15, 0.2) is 16.1 Å². The Labute approximate surface area is 96.6 Å². The summed E-state index contributed by atoms with van der Waals surface area (Å²) in [6.45, 7) is 0.757. The summed E-state index contributed by atoms with van der Waals surface area (Å²) in [5.41, 5.74) is 0. The van der Waals surface area contributed by atoms with Gasteiger partial charge in [-0.05, 0) is 12.8 Å². The second-order valence-corrected chi connectivity index (χ2v) is 4.09. The van der Waals surface area contributed by atoms with Crippen LogP contribution in [0.3, 0.4) is 0 Å². The number of hydrogen-bond acceptors (Lipinski definition) is 3. The Morgan fingerprint density at radius 3 is 2.53 bits per heavy atom. The lowest BCUT2D eigenvalue weighted by Gasteiger charge is -2.08. The van der Waals surface area contributed by atoms with E-state index in [1.54, 1.807) is 0 Å². The fourth-order valence-corrected chi connectivity index (χ4v) is 1.96. The zero-order valence-corrected chi connectivity index (χ0v) is 9.35. The lowest BCUT2D eigenvalue weighted by atomic mass is 10.2. The quantitative estimate of drug-likeness (QED) is 0.758. The van der Waals surface area contributed by atoms with Gasteiger partial charge in [0.25, 0.3) is 0 Å². The van der Waals surface area contributed by atoms with Crippen LogP contribution in [0.4, 0.5) is 4.39 Å². The van der Waals surface area contributed by atoms with E-state index in [1.165, 1.54) is 0 Å². The van der Waals surface area contributed by atoms with Crippen LogP contribution in [0.2, 0.25) is 10.3 Å². The molecule has 1 fully saturated rings. The van der Waals surface area contributed by atoms with Crippen molar-refractivity contribution in [2.75, 3.05) is 6.61 Å². The molecule has 1 atom stereocenters. The maximum atomic E-state index is 13.0. The van der Waals surface area contributed by atoms with Gasteiger partial charge < -0.3 is 4.74 Å². The second kappa shape index (κ2) is 4.60. The van der Waals surface area contributed by atoms with E-state index >= 15 is 0 Å². The number of ether oxygens (including phenoxy) is 1. The molecule has 0 saturated carbocycles. The Hall–Kier alpha value is -0.450. The summed E-state index contributed by atoms with van der Waals surface area (Å²) in [7, 11) is 0. The molecule has 0 spiro atoms. The largest absolute Gasteiger partial charge is 0.378 e. The van der Waals surface area contributed by atoms with Crippen molar-refractivity contribution >= 4 is 23.2 Å². The lowest BCUT2D eigenvalue weighted by molar-refractivity contribution is 0.110. The molecule has 1 aliphatic rings. The molecule has 1 aromatic heterocycles. The first-order chi connectivity index (χ1) is 7.16. The van der Waals surface area contributed by atoms with E-state index in [9.17, 15) is 4.39 Å². The molecular weight excluding hydrogens is 242 g/mol. The molecule has 0 N–H and O–H groups in total. The topological polar surface area (TPSA) is 35.0 Å². The van der Waals surface area contributed by atoms with Crippen molar-refractivity contribution in [1.82, 2.24) is 9.97 Å². The highest BCUT2D eigenvalue weighted by molar-refractivity contribution is 6.33. The monoisotopic (exact) mass is 250 g/mol. The number of halogens is 3. The van der Waals surface area contributed by atoms with E-state index in [1.807, 2.05) is 0 Å². The van der Waals surface area contributed by atoms with Crippen LogP contribution in [-0.4, -0.2) is 22.7 Å². The molecule has 2 heterocycles. The van der Waals surface area contributed by atoms with Gasteiger partial charge in [0.05, 0.1) is 6.10 Å². The molecule has 0 radical (unpaired) electrons. The molecule has 2 rings (SSSR count). The molecule has 3 nitrogen and oxygen atoms in total. The molecule has 0 aliphatic carbocycles. The molecule has 0 bridgehead atoms. The fourth-order valence-electron chi connectivity index (χ4n) is 1.54. The predicted molar refractivity (Wildman–Crippen MR) is 54.7 cm³/mol. The van der Waals surface area contributed by atoms with Crippen LogP contribution in [0.15, 0.2) is 0 Å². The maximum Gasteiger partial charge on any atom is 0.197 e. The summed E-state index contributed by atoms with van der Waals surface area (Å²) < 4.78 is 18.4. The molecule has 1 aromatic rings. The van der Waals surface area contributed by atoms with Crippen LogP contribution in [0.1, 0.15) is 18.7 Å². The van der Waals surface area contributed by atoms with E-state index in [0.29, 0.717) is 12.2 Å². The van der Waals surface area contributed by atoms with Gasteiger partial charge in [-0.25, -0.2) is 14.4 Å². The van der Waals surface area contributed by atoms with Crippen molar-refractivity contribution in [3.05, 3.63) is 21.9 Å². The molecule has 1 saturated heterocycles. The van der Waals surface area contributed by atoms with Crippen molar-refractivity contribution in [3.8, 4) is 0 Å². The van der Waals surface area contributed by atoms with Crippen molar-refractivity contribution in [3.63, 3.8) is 0 Å². The Balaban J connectivity index is 2.14. The molecule has 6 heteroatoms. The Kier molecular flexibility index (Phi) is 3.38. The van der Waals surface area contributed by atoms with E-state index in [0.717, 1.165) is 19.4 Å². The Bertz CT molecular complexity index is 346. The first-order valence-corrected chi connectivity index (χ1v) is 5.41. The smallest absolute Gasteiger partial charge is 0.197 e. The van der Waals surface area contributed by atoms with Gasteiger partial charge in [0, 0.05) is 13.0 Å². The summed E-state index contributed by atoms with van der Waals surface area (Å²) in [6, 6.07) is 0. The van der Waals surface area contributed by atoms with E-state index in [4.69, 9.17) is 27.9 Å². The number of rotatable bonds is 2. The van der Waals surface area contributed by atoms with Crippen LogP contribution >= 0.6 is 23.2 Å². The minimum absolute atomic E-state index is 0.0996. The normalized spacial score (nSPS) is 20.9. The van der Waals surface area contributed by atoms with Crippen LogP contribution in [-0.2, 0) is 11.2 Å². The van der Waals surface area contributed by atoms with Gasteiger partial charge in [-0.3, -0.25) is 0 Å². The van der Waals surface area contributed by atoms with E-state index in [-0.39, 0.29) is 16.4 Å². The molecule has 1 unspecified atom stereocenters. The highest BCUT2D eigenvalue weighted by Crippen LogP contribution is 2.21. The second-order valence-electron chi connectivity index (χ2n) is 3.37. The molecule has 82 valence electrons. The van der Waals surface area contributed by atoms with E-state index < -0.39 is 5.82 Å². The highest BCUT2D eigenvalue weighted by Gasteiger charge is 2.19. The highest BCUT2D eigenvalue weighted by atomic mass is 35.5. The summed E-state index contributed by atoms with van der Waals surface area (Å²) in [5, 5.41) is -0.467. The minimum atomic E-state index is -0.769. The average molecular weight is 251 g/mol. The number of nitrogens with zero attached hydrogens (tertiary/aromatic N) is 2. The van der Waals surface area contributed by atoms with Crippen LogP contribution in [0.5, 0.6) is 0 Å². The van der Waals surface area contributed by atoms with Gasteiger partial charge in [0.2, 0.25) is 0 Å². The lowest BCUT2D eigenvalue weighted by Crippen LogP contribution is -2.12. The van der Waals surface area contributed by atoms with Gasteiger partial charge in [-0.2, -0.15) is 0 Å². The zero-order valence-electron chi connectivity index (χ0n) is 7.84. The average Bonchev–Trinajstić information content (AvgIpc) is 2.66. The maximum absolute atomic E-state index is 13.0. The van der Waals surface area contributed by atoms with Crippen LogP contribution < -0.4 is 0 Å². The number of aromatic nitrogens is 2. The van der Waals surface area contributed by atoms with Crippen molar-refractivity contribution < 1.29 is 9.13 Å². The molecular formula is C9H9Cl2FN2O. The van der Waals surface area contributed by atoms with Gasteiger partial charge in [-0.15, -0.1) is 0 Å². The predicted octanol–water partition coefficient (Wildman–Crippen LogP) is 2.64. The molecule has 0 aromatic carbocycles. The summed E-state index contributed by atoms with van der Waals surface area (Å²) in [5.74, 6) is -0.340. The van der Waals surface area contributed by atoms with Crippen molar-refractivity contribution in [2.24, 2.45) is 0 Å². The first-order valence-electron chi connectivity index (χ1n) is 4.66. The van der Waals surface area contributed by atoms with E-state index in [2.05, 4.69) is 9.97 Å². The molecule has 1 aliphatic heterocycles. The van der Waals surface area contributed by atoms with Crippen molar-refractivity contribution in [1.29, 1.82) is 0 Å². The molecule has 15 heavy (non-hydrogen) atoms. The van der Waals surface area contributed by atoms with Crippen molar-refractivity contribution in [2.45, 2.75) is 25.4 Å². The summed E-state index contributed by atoms with van der Waals surface area (Å²) in [4.78, 5) is 7.62. The van der Waals surface area contributed by atoms with Crippen LogP contribution in [0.25, 0.3) is 0 Å². The number of hydrogen-bond donors (Lipinski definition) is 0. The Morgan fingerprint density at radius 1 is 1.33 bits per heavy atom. The fraction of sp³-hybridized carbons (Fsp3) is 0.556. The minimum Gasteiger partial charge on any atom is -0.378 e. The van der Waals surface area contributed by atoms with Gasteiger partial charge in [-0.1, -0.05) is 23.2 Å². The third kappa shape index (κ3) is 2.56. The van der Waals surface area contributed by atoms with Crippen LogP contribution in [0, 0.1) is 5.82 Å². The third-order valence-corrected chi connectivity index (χ3v) is 2.75. The summed E-state index contributed by atoms with van der Waals surface area (Å²) in [6.07, 6.45) is 2.63. The van der Waals surface area contributed by atoms with Gasteiger partial charge >= 0.3 is 0 Å². The standard InChI is InChI=1S/C9H9Cl2FN2O/c10-8-7(12)9(11)14-6(13-8)4-5-2-1-3-15-5/h5H,1-4H2. The SMILES string of the molecule is Fc1c(Cl)nc(CC2CCCO2)nc1Cl. The molecule has 0 amide bonds. The zero-order chi connectivity index (χ0) is 10.8. The summed E-state index contributed by atoms with van der Waals surface area (Å²) >= 11 is 11.1.